The Morgan fingerprint density at radius 3 is 2.10 bits per heavy atom. The van der Waals surface area contributed by atoms with Crippen LogP contribution < -0.4 is 4.90 Å². The summed E-state index contributed by atoms with van der Waals surface area (Å²) in [4.78, 5) is 7.81. The number of thiazole rings is 1. The summed E-state index contributed by atoms with van der Waals surface area (Å²) in [6.45, 7) is 11.6. The van der Waals surface area contributed by atoms with Crippen molar-refractivity contribution in [2.45, 2.75) is 39.4 Å². The molecule has 216 valence electrons. The number of thiophene rings is 1. The van der Waals surface area contributed by atoms with Crippen LogP contribution in [0.3, 0.4) is 0 Å². The van der Waals surface area contributed by atoms with Gasteiger partial charge in [-0.2, -0.15) is 0 Å². The van der Waals surface area contributed by atoms with Gasteiger partial charge in [0.05, 0.1) is 16.1 Å². The maximum absolute atomic E-state index is 6.34. The van der Waals surface area contributed by atoms with Gasteiger partial charge >= 0.3 is 0 Å². The molecule has 2 heterocycles. The number of hydrogen-bond donors (Lipinski definition) is 0. The van der Waals surface area contributed by atoms with Gasteiger partial charge in [-0.3, -0.25) is 0 Å². The molecule has 0 saturated heterocycles. The Morgan fingerprint density at radius 1 is 0.762 bits per heavy atom. The first-order valence-electron chi connectivity index (χ1n) is 14.3. The van der Waals surface area contributed by atoms with Gasteiger partial charge in [0.2, 0.25) is 5.13 Å². The summed E-state index contributed by atoms with van der Waals surface area (Å²) in [5.41, 5.74) is 5.41. The molecule has 0 aliphatic heterocycles. The van der Waals surface area contributed by atoms with E-state index in [0.29, 0.717) is 5.13 Å². The van der Waals surface area contributed by atoms with Crippen molar-refractivity contribution in [3.8, 4) is 0 Å². The lowest BCUT2D eigenvalue weighted by atomic mass is 10.1. The van der Waals surface area contributed by atoms with E-state index < -0.39 is 8.32 Å². The summed E-state index contributed by atoms with van der Waals surface area (Å²) in [5.74, 6) is 0. The topological polar surface area (TPSA) is 74.8 Å². The van der Waals surface area contributed by atoms with Crippen molar-refractivity contribution in [1.29, 1.82) is 0 Å². The van der Waals surface area contributed by atoms with Gasteiger partial charge in [-0.05, 0) is 93.0 Å². The molecule has 0 atom stereocenters. The Morgan fingerprint density at radius 2 is 1.43 bits per heavy atom. The molecule has 2 aromatic heterocycles. The molecule has 0 radical (unpaired) electrons. The van der Waals surface area contributed by atoms with Gasteiger partial charge in [-0.15, -0.1) is 20.5 Å². The van der Waals surface area contributed by atoms with Gasteiger partial charge in [0.1, 0.15) is 9.83 Å². The second-order valence-electron chi connectivity index (χ2n) is 10.5. The molecule has 0 fully saturated rings. The van der Waals surface area contributed by atoms with Gasteiger partial charge in [0, 0.05) is 25.4 Å². The summed E-state index contributed by atoms with van der Waals surface area (Å²) in [7, 11) is -1.75. The zero-order chi connectivity index (χ0) is 29.4. The number of anilines is 1. The van der Waals surface area contributed by atoms with Crippen LogP contribution in [0.2, 0.25) is 13.1 Å². The highest BCUT2D eigenvalue weighted by molar-refractivity contribution is 7.30. The second kappa shape index (κ2) is 14.1. The average molecular weight is 613 g/mol. The van der Waals surface area contributed by atoms with Crippen LogP contribution >= 0.6 is 22.7 Å². The predicted molar refractivity (Wildman–Crippen MR) is 180 cm³/mol. The van der Waals surface area contributed by atoms with Crippen LogP contribution in [0, 0.1) is 0 Å². The molecule has 0 amide bonds. The van der Waals surface area contributed by atoms with Crippen molar-refractivity contribution in [2.75, 3.05) is 24.6 Å². The van der Waals surface area contributed by atoms with Gasteiger partial charge in [-0.1, -0.05) is 65.1 Å². The monoisotopic (exact) mass is 612 g/mol. The van der Waals surface area contributed by atoms with Crippen LogP contribution in [0.25, 0.3) is 9.53 Å². The van der Waals surface area contributed by atoms with Crippen molar-refractivity contribution in [3.63, 3.8) is 0 Å². The Balaban J connectivity index is 1.12. The molecule has 3 aromatic carbocycles. The molecule has 0 saturated carbocycles. The van der Waals surface area contributed by atoms with Crippen molar-refractivity contribution in [3.05, 3.63) is 96.1 Å². The van der Waals surface area contributed by atoms with Crippen molar-refractivity contribution in [2.24, 2.45) is 20.5 Å². The third-order valence-corrected chi connectivity index (χ3v) is 11.0. The Kier molecular flexibility index (Phi) is 10.0. The van der Waals surface area contributed by atoms with E-state index in [0.717, 1.165) is 58.1 Å². The highest BCUT2D eigenvalue weighted by atomic mass is 32.1. The van der Waals surface area contributed by atoms with Gasteiger partial charge in [-0.25, -0.2) is 4.98 Å². The Labute approximate surface area is 256 Å². The SMILES string of the molecule is CCN(CC)c1ccc(N=Nc2nc3sc(N=Nc4ccc(CCO[Si](C)(C)Cc5ccccc5)cc4)cc3s2)cc1. The zero-order valence-electron chi connectivity index (χ0n) is 24.5. The van der Waals surface area contributed by atoms with Crippen LogP contribution in [0.15, 0.2) is 105 Å². The lowest BCUT2D eigenvalue weighted by Crippen LogP contribution is -2.34. The first-order valence-corrected chi connectivity index (χ1v) is 19.0. The van der Waals surface area contributed by atoms with Crippen molar-refractivity contribution >= 4 is 67.7 Å². The Bertz CT molecular complexity index is 1590. The van der Waals surface area contributed by atoms with Gasteiger partial charge in [0.15, 0.2) is 8.32 Å². The van der Waals surface area contributed by atoms with E-state index in [2.05, 4.69) is 112 Å². The first-order chi connectivity index (χ1) is 20.4. The van der Waals surface area contributed by atoms with Crippen LogP contribution in [0.4, 0.5) is 27.2 Å². The van der Waals surface area contributed by atoms with Gasteiger partial charge in [0.25, 0.3) is 0 Å². The fourth-order valence-corrected chi connectivity index (χ4v) is 8.47. The number of nitrogens with zero attached hydrogens (tertiary/aromatic N) is 6. The van der Waals surface area contributed by atoms with Crippen molar-refractivity contribution in [1.82, 2.24) is 4.98 Å². The number of benzene rings is 3. The normalized spacial score (nSPS) is 12.2. The van der Waals surface area contributed by atoms with E-state index in [9.17, 15) is 0 Å². The molecule has 42 heavy (non-hydrogen) atoms. The summed E-state index contributed by atoms with van der Waals surface area (Å²) in [6.07, 6.45) is 0.886. The third kappa shape index (κ3) is 8.25. The molecule has 0 N–H and O–H groups in total. The number of fused-ring (bicyclic) bond motifs is 1. The average Bonchev–Trinajstić information content (AvgIpc) is 3.56. The fourth-order valence-electron chi connectivity index (χ4n) is 4.64. The molecule has 0 bridgehead atoms. The fraction of sp³-hybridized carbons (Fsp3) is 0.281. The second-order valence-corrected chi connectivity index (χ2v) is 16.7. The van der Waals surface area contributed by atoms with Crippen LogP contribution in [-0.4, -0.2) is 33.0 Å². The number of hydrogen-bond acceptors (Lipinski definition) is 9. The van der Waals surface area contributed by atoms with E-state index >= 15 is 0 Å². The third-order valence-electron chi connectivity index (χ3n) is 6.85. The molecule has 0 aliphatic carbocycles. The lowest BCUT2D eigenvalue weighted by Gasteiger charge is -2.23. The molecule has 10 heteroatoms. The van der Waals surface area contributed by atoms with Crippen LogP contribution in [0.5, 0.6) is 0 Å². The van der Waals surface area contributed by atoms with Crippen LogP contribution in [-0.2, 0) is 16.9 Å². The molecule has 7 nitrogen and oxygen atoms in total. The highest BCUT2D eigenvalue weighted by Crippen LogP contribution is 2.39. The van der Waals surface area contributed by atoms with Crippen molar-refractivity contribution < 1.29 is 4.43 Å². The summed E-state index contributed by atoms with van der Waals surface area (Å²) >= 11 is 3.01. The quantitative estimate of drug-likeness (QED) is 0.0980. The highest BCUT2D eigenvalue weighted by Gasteiger charge is 2.22. The van der Waals surface area contributed by atoms with E-state index in [1.807, 2.05) is 30.3 Å². The molecular formula is C32H36N6OS2Si. The molecule has 5 rings (SSSR count). The largest absolute Gasteiger partial charge is 0.417 e. The molecule has 5 aromatic rings. The summed E-state index contributed by atoms with van der Waals surface area (Å²) in [6, 6.07) is 30.0. The maximum Gasteiger partial charge on any atom is 0.231 e. The summed E-state index contributed by atoms with van der Waals surface area (Å²) in [5, 5.41) is 19.1. The number of rotatable bonds is 13. The van der Waals surface area contributed by atoms with Crippen LogP contribution in [0.1, 0.15) is 25.0 Å². The Hall–Kier alpha value is -3.57. The number of azo groups is 2. The van der Waals surface area contributed by atoms with E-state index in [-0.39, 0.29) is 0 Å². The summed E-state index contributed by atoms with van der Waals surface area (Å²) < 4.78 is 7.38. The smallest absolute Gasteiger partial charge is 0.231 e. The van der Waals surface area contributed by atoms with E-state index in [1.165, 1.54) is 39.5 Å². The molecule has 0 spiro atoms. The van der Waals surface area contributed by atoms with E-state index in [1.54, 1.807) is 0 Å². The van der Waals surface area contributed by atoms with Gasteiger partial charge < -0.3 is 9.33 Å². The standard InChI is InChI=1S/C32H36N6OS2Si/c1-5-38(6-2)28-18-16-27(17-19-28)35-37-32-33-31-29(40-32)22-30(41-31)36-34-26-14-12-24(13-15-26)20-21-39-42(3,4)23-25-10-8-7-9-11-25/h7-19,22H,5-6,20-21,23H2,1-4H3. The molecule has 0 aliphatic rings. The maximum atomic E-state index is 6.34. The van der Waals surface area contributed by atoms with E-state index in [4.69, 9.17) is 4.43 Å². The molecule has 0 unspecified atom stereocenters. The predicted octanol–water partition coefficient (Wildman–Crippen LogP) is 10.6. The number of aromatic nitrogens is 1. The zero-order valence-corrected chi connectivity index (χ0v) is 27.2. The minimum absolute atomic E-state index is 0.637. The first kappa shape index (κ1) is 29.9. The minimum atomic E-state index is -1.75. The lowest BCUT2D eigenvalue weighted by molar-refractivity contribution is 0.310. The minimum Gasteiger partial charge on any atom is -0.417 e. The molecular weight excluding hydrogens is 577 g/mol.